The predicted octanol–water partition coefficient (Wildman–Crippen LogP) is 3.91. The lowest BCUT2D eigenvalue weighted by atomic mass is 9.99. The van der Waals surface area contributed by atoms with Gasteiger partial charge in [0.2, 0.25) is 5.75 Å². The van der Waals surface area contributed by atoms with Gasteiger partial charge in [0, 0.05) is 22.9 Å². The number of nitrogens with one attached hydrogen (secondary N) is 1. The first-order valence-corrected chi connectivity index (χ1v) is 7.98. The van der Waals surface area contributed by atoms with Gasteiger partial charge in [-0.3, -0.25) is 0 Å². The van der Waals surface area contributed by atoms with E-state index in [1.807, 2.05) is 12.1 Å². The van der Waals surface area contributed by atoms with Crippen molar-refractivity contribution < 1.29 is 19.0 Å². The highest BCUT2D eigenvalue weighted by atomic mass is 16.5. The lowest BCUT2D eigenvalue weighted by molar-refractivity contribution is -0.107. The van der Waals surface area contributed by atoms with Crippen LogP contribution in [0.25, 0.3) is 22.2 Å². The predicted molar refractivity (Wildman–Crippen MR) is 97.9 cm³/mol. The number of carbonyl (C=O) groups is 1. The SMILES string of the molecule is COc1cc(CC=O)c(-c2cc3cc(C)ccc3[nH]2)c(OC)c1OC. The topological polar surface area (TPSA) is 60.6 Å². The highest BCUT2D eigenvalue weighted by Gasteiger charge is 2.22. The van der Waals surface area contributed by atoms with Crippen LogP contribution in [0.3, 0.4) is 0 Å². The van der Waals surface area contributed by atoms with E-state index < -0.39 is 0 Å². The number of fused-ring (bicyclic) bond motifs is 1. The van der Waals surface area contributed by atoms with Gasteiger partial charge in [-0.15, -0.1) is 0 Å². The molecule has 1 N–H and O–H groups in total. The number of aryl methyl sites for hydroxylation is 1. The number of methoxy groups -OCH3 is 3. The molecule has 3 aromatic rings. The van der Waals surface area contributed by atoms with E-state index in [0.29, 0.717) is 17.2 Å². The summed E-state index contributed by atoms with van der Waals surface area (Å²) in [7, 11) is 4.71. The van der Waals surface area contributed by atoms with Gasteiger partial charge < -0.3 is 24.0 Å². The fraction of sp³-hybridized carbons (Fsp3) is 0.250. The Morgan fingerprint density at radius 3 is 2.40 bits per heavy atom. The average Bonchev–Trinajstić information content (AvgIpc) is 3.03. The van der Waals surface area contributed by atoms with E-state index in [2.05, 4.69) is 30.1 Å². The number of carbonyl (C=O) groups excluding carboxylic acids is 1. The zero-order valence-electron chi connectivity index (χ0n) is 14.8. The molecule has 5 heteroatoms. The third-order valence-corrected chi connectivity index (χ3v) is 4.26. The first-order chi connectivity index (χ1) is 12.1. The molecular formula is C20H21NO4. The maximum Gasteiger partial charge on any atom is 0.203 e. The second kappa shape index (κ2) is 6.89. The lowest BCUT2D eigenvalue weighted by Crippen LogP contribution is -2.01. The van der Waals surface area contributed by atoms with E-state index in [9.17, 15) is 4.79 Å². The summed E-state index contributed by atoms with van der Waals surface area (Å²) in [6.45, 7) is 2.06. The van der Waals surface area contributed by atoms with Crippen LogP contribution in [-0.4, -0.2) is 32.6 Å². The molecule has 0 aliphatic rings. The molecule has 0 atom stereocenters. The summed E-state index contributed by atoms with van der Waals surface area (Å²) >= 11 is 0. The molecule has 3 rings (SSSR count). The monoisotopic (exact) mass is 339 g/mol. The standard InChI is InChI=1S/C20H21NO4/c1-12-5-6-15-14(9-12)10-16(21-15)18-13(7-8-22)11-17(23-2)19(24-3)20(18)25-4/h5-6,8-11,21H,7H2,1-4H3. The molecule has 0 spiro atoms. The number of aromatic amines is 1. The molecule has 2 aromatic carbocycles. The smallest absolute Gasteiger partial charge is 0.203 e. The van der Waals surface area contributed by atoms with Crippen LogP contribution in [0.1, 0.15) is 11.1 Å². The van der Waals surface area contributed by atoms with Crippen molar-refractivity contribution in [2.24, 2.45) is 0 Å². The van der Waals surface area contributed by atoms with Crippen molar-refractivity contribution in [3.05, 3.63) is 41.5 Å². The van der Waals surface area contributed by atoms with E-state index in [-0.39, 0.29) is 6.42 Å². The maximum absolute atomic E-state index is 11.2. The van der Waals surface area contributed by atoms with E-state index >= 15 is 0 Å². The van der Waals surface area contributed by atoms with E-state index in [4.69, 9.17) is 14.2 Å². The molecule has 0 aliphatic carbocycles. The summed E-state index contributed by atoms with van der Waals surface area (Å²) in [5.41, 5.74) is 4.70. The Bertz CT molecular complexity index is 927. The number of aldehydes is 1. The molecule has 5 nitrogen and oxygen atoms in total. The summed E-state index contributed by atoms with van der Waals surface area (Å²) in [4.78, 5) is 14.6. The third-order valence-electron chi connectivity index (χ3n) is 4.26. The van der Waals surface area contributed by atoms with Gasteiger partial charge in [0.15, 0.2) is 11.5 Å². The Kier molecular flexibility index (Phi) is 4.65. The Morgan fingerprint density at radius 1 is 1.00 bits per heavy atom. The highest BCUT2D eigenvalue weighted by Crippen LogP contribution is 2.47. The van der Waals surface area contributed by atoms with Crippen molar-refractivity contribution in [3.63, 3.8) is 0 Å². The van der Waals surface area contributed by atoms with Gasteiger partial charge >= 0.3 is 0 Å². The Labute approximate surface area is 146 Å². The van der Waals surface area contributed by atoms with Crippen molar-refractivity contribution in [1.82, 2.24) is 4.98 Å². The molecule has 0 fully saturated rings. The number of ether oxygens (including phenoxy) is 3. The molecule has 0 amide bonds. The van der Waals surface area contributed by atoms with E-state index in [0.717, 1.165) is 34.0 Å². The van der Waals surface area contributed by atoms with E-state index in [1.54, 1.807) is 21.3 Å². The Hall–Kier alpha value is -2.95. The number of aromatic nitrogens is 1. The minimum absolute atomic E-state index is 0.250. The quantitative estimate of drug-likeness (QED) is 0.692. The number of H-pyrrole nitrogens is 1. The van der Waals surface area contributed by atoms with Crippen molar-refractivity contribution >= 4 is 17.2 Å². The van der Waals surface area contributed by atoms with Gasteiger partial charge in [-0.2, -0.15) is 0 Å². The second-order valence-corrected chi connectivity index (χ2v) is 5.82. The van der Waals surface area contributed by atoms with Crippen molar-refractivity contribution in [3.8, 4) is 28.5 Å². The van der Waals surface area contributed by atoms with Crippen LogP contribution in [0.4, 0.5) is 0 Å². The molecule has 130 valence electrons. The van der Waals surface area contributed by atoms with Crippen LogP contribution in [0.15, 0.2) is 30.3 Å². The summed E-state index contributed by atoms with van der Waals surface area (Å²) in [5.74, 6) is 1.58. The van der Waals surface area contributed by atoms with Crippen molar-refractivity contribution in [2.45, 2.75) is 13.3 Å². The molecule has 0 saturated carbocycles. The first kappa shape index (κ1) is 16.9. The molecule has 1 heterocycles. The zero-order valence-corrected chi connectivity index (χ0v) is 14.8. The maximum atomic E-state index is 11.2. The summed E-state index contributed by atoms with van der Waals surface area (Å²) in [6, 6.07) is 10.1. The molecule has 25 heavy (non-hydrogen) atoms. The van der Waals surface area contributed by atoms with Gasteiger partial charge in [-0.1, -0.05) is 11.6 Å². The molecular weight excluding hydrogens is 318 g/mol. The largest absolute Gasteiger partial charge is 0.493 e. The van der Waals surface area contributed by atoms with Crippen molar-refractivity contribution in [2.75, 3.05) is 21.3 Å². The Balaban J connectivity index is 2.32. The van der Waals surface area contributed by atoms with Crippen LogP contribution in [0, 0.1) is 6.92 Å². The van der Waals surface area contributed by atoms with Gasteiger partial charge in [-0.25, -0.2) is 0 Å². The zero-order chi connectivity index (χ0) is 18.0. The average molecular weight is 339 g/mol. The Morgan fingerprint density at radius 2 is 1.76 bits per heavy atom. The minimum atomic E-state index is 0.250. The lowest BCUT2D eigenvalue weighted by Gasteiger charge is -2.18. The normalized spacial score (nSPS) is 10.7. The minimum Gasteiger partial charge on any atom is -0.493 e. The third kappa shape index (κ3) is 2.93. The van der Waals surface area contributed by atoms with Crippen LogP contribution in [0.2, 0.25) is 0 Å². The molecule has 1 aromatic heterocycles. The number of hydrogen-bond acceptors (Lipinski definition) is 4. The number of hydrogen-bond donors (Lipinski definition) is 1. The van der Waals surface area contributed by atoms with Crippen molar-refractivity contribution in [1.29, 1.82) is 0 Å². The van der Waals surface area contributed by atoms with Crippen LogP contribution >= 0.6 is 0 Å². The molecule has 0 radical (unpaired) electrons. The fourth-order valence-corrected chi connectivity index (χ4v) is 3.14. The van der Waals surface area contributed by atoms with Gasteiger partial charge in [-0.05, 0) is 36.8 Å². The van der Waals surface area contributed by atoms with Gasteiger partial charge in [0.05, 0.1) is 27.0 Å². The number of rotatable bonds is 6. The second-order valence-electron chi connectivity index (χ2n) is 5.82. The fourth-order valence-electron chi connectivity index (χ4n) is 3.14. The summed E-state index contributed by atoms with van der Waals surface area (Å²) in [6.07, 6.45) is 1.12. The first-order valence-electron chi connectivity index (χ1n) is 7.98. The molecule has 0 bridgehead atoms. The summed E-state index contributed by atoms with van der Waals surface area (Å²) < 4.78 is 16.5. The molecule has 0 unspecified atom stereocenters. The van der Waals surface area contributed by atoms with Crippen LogP contribution in [0.5, 0.6) is 17.2 Å². The van der Waals surface area contributed by atoms with Crippen LogP contribution < -0.4 is 14.2 Å². The number of benzene rings is 2. The van der Waals surface area contributed by atoms with Gasteiger partial charge in [0.25, 0.3) is 0 Å². The molecule has 0 saturated heterocycles. The van der Waals surface area contributed by atoms with E-state index in [1.165, 1.54) is 5.56 Å². The van der Waals surface area contributed by atoms with Crippen LogP contribution in [-0.2, 0) is 11.2 Å². The highest BCUT2D eigenvalue weighted by molar-refractivity contribution is 5.90. The summed E-state index contributed by atoms with van der Waals surface area (Å²) in [5, 5.41) is 1.10. The van der Waals surface area contributed by atoms with Gasteiger partial charge in [0.1, 0.15) is 6.29 Å². The molecule has 0 aliphatic heterocycles.